The largest absolute Gasteiger partial charge is 0.469 e. The van der Waals surface area contributed by atoms with Gasteiger partial charge in [0.1, 0.15) is 6.61 Å². The van der Waals surface area contributed by atoms with Crippen molar-refractivity contribution < 1.29 is 37.0 Å². The van der Waals surface area contributed by atoms with E-state index in [1.165, 1.54) is 18.3 Å². The highest BCUT2D eigenvalue weighted by Crippen LogP contribution is 2.38. The van der Waals surface area contributed by atoms with Gasteiger partial charge in [0.15, 0.2) is 5.78 Å². The second-order valence-corrected chi connectivity index (χ2v) is 7.12. The molecule has 6 nitrogen and oxygen atoms in total. The number of benzene rings is 2. The van der Waals surface area contributed by atoms with E-state index in [0.29, 0.717) is 0 Å². The van der Waals surface area contributed by atoms with E-state index in [4.69, 9.17) is 4.74 Å². The molecule has 0 bridgehead atoms. The standard InChI is InChI=1S/C23H20F3NO5/c1-31-20(29)13-18-19(28)11-12-27(22(30)32-14-15-5-3-2-4-6-15)21(18)16-7-9-17(10-8-16)23(24,25)26/h2-12,18,21H,13-14H2,1H3/t18-,21+/m0/s1. The molecular weight excluding hydrogens is 427 g/mol. The molecule has 3 rings (SSSR count). The third kappa shape index (κ3) is 5.35. The Kier molecular flexibility index (Phi) is 6.97. The number of esters is 1. The Morgan fingerprint density at radius 3 is 2.28 bits per heavy atom. The number of ketones is 1. The predicted molar refractivity (Wildman–Crippen MR) is 107 cm³/mol. The molecule has 2 atom stereocenters. The number of allylic oxidation sites excluding steroid dienone is 1. The second kappa shape index (κ2) is 9.67. The van der Waals surface area contributed by atoms with E-state index in [9.17, 15) is 27.6 Å². The molecule has 1 aliphatic rings. The van der Waals surface area contributed by atoms with E-state index >= 15 is 0 Å². The van der Waals surface area contributed by atoms with Gasteiger partial charge >= 0.3 is 18.2 Å². The highest BCUT2D eigenvalue weighted by Gasteiger charge is 2.40. The first-order valence-electron chi connectivity index (χ1n) is 9.65. The van der Waals surface area contributed by atoms with Gasteiger partial charge in [0.25, 0.3) is 0 Å². The van der Waals surface area contributed by atoms with Gasteiger partial charge in [0.05, 0.1) is 31.1 Å². The summed E-state index contributed by atoms with van der Waals surface area (Å²) >= 11 is 0. The van der Waals surface area contributed by atoms with Crippen LogP contribution in [-0.4, -0.2) is 29.9 Å². The third-order valence-corrected chi connectivity index (χ3v) is 5.06. The lowest BCUT2D eigenvalue weighted by Crippen LogP contribution is -2.41. The topological polar surface area (TPSA) is 72.9 Å². The molecule has 0 aromatic heterocycles. The van der Waals surface area contributed by atoms with Crippen LogP contribution >= 0.6 is 0 Å². The van der Waals surface area contributed by atoms with Crippen LogP contribution in [0.15, 0.2) is 66.9 Å². The van der Waals surface area contributed by atoms with Crippen molar-refractivity contribution in [3.05, 3.63) is 83.6 Å². The number of carbonyl (C=O) groups is 3. The average molecular weight is 447 g/mol. The van der Waals surface area contributed by atoms with Crippen LogP contribution in [0.2, 0.25) is 0 Å². The highest BCUT2D eigenvalue weighted by atomic mass is 19.4. The Morgan fingerprint density at radius 1 is 1.03 bits per heavy atom. The van der Waals surface area contributed by atoms with Crippen LogP contribution in [0, 0.1) is 5.92 Å². The van der Waals surface area contributed by atoms with Gasteiger partial charge in [-0.1, -0.05) is 42.5 Å². The molecular formula is C23H20F3NO5. The molecule has 168 valence electrons. The van der Waals surface area contributed by atoms with E-state index in [0.717, 1.165) is 35.8 Å². The van der Waals surface area contributed by atoms with Crippen LogP contribution < -0.4 is 0 Å². The SMILES string of the molecule is COC(=O)C[C@H]1C(=O)C=CN(C(=O)OCc2ccccc2)[C@@H]1c1ccc(C(F)(F)F)cc1. The molecule has 0 radical (unpaired) electrons. The molecule has 0 spiro atoms. The summed E-state index contributed by atoms with van der Waals surface area (Å²) < 4.78 is 48.9. The Balaban J connectivity index is 1.92. The molecule has 1 amide bonds. The fourth-order valence-corrected chi connectivity index (χ4v) is 3.43. The molecule has 0 fully saturated rings. The second-order valence-electron chi connectivity index (χ2n) is 7.12. The number of amides is 1. The van der Waals surface area contributed by atoms with E-state index in [1.807, 2.05) is 6.07 Å². The van der Waals surface area contributed by atoms with E-state index in [-0.39, 0.29) is 18.6 Å². The molecule has 0 unspecified atom stereocenters. The summed E-state index contributed by atoms with van der Waals surface area (Å²) in [5.41, 5.74) is 0.109. The first kappa shape index (κ1) is 23.1. The van der Waals surface area contributed by atoms with Crippen LogP contribution in [0.25, 0.3) is 0 Å². The first-order valence-corrected chi connectivity index (χ1v) is 9.65. The van der Waals surface area contributed by atoms with Gasteiger partial charge in [-0.15, -0.1) is 0 Å². The minimum Gasteiger partial charge on any atom is -0.469 e. The number of ether oxygens (including phenoxy) is 2. The number of methoxy groups -OCH3 is 1. The summed E-state index contributed by atoms with van der Waals surface area (Å²) in [5, 5.41) is 0. The summed E-state index contributed by atoms with van der Waals surface area (Å²) in [7, 11) is 1.16. The molecule has 0 aliphatic carbocycles. The maximum atomic E-state index is 13.0. The van der Waals surface area contributed by atoms with Crippen molar-refractivity contribution in [2.45, 2.75) is 25.2 Å². The van der Waals surface area contributed by atoms with Gasteiger partial charge in [0.2, 0.25) is 0 Å². The van der Waals surface area contributed by atoms with Crippen molar-refractivity contribution in [2.75, 3.05) is 7.11 Å². The summed E-state index contributed by atoms with van der Waals surface area (Å²) in [6.45, 7) is -0.0423. The van der Waals surface area contributed by atoms with Gasteiger partial charge in [0, 0.05) is 6.20 Å². The van der Waals surface area contributed by atoms with Gasteiger partial charge in [-0.3, -0.25) is 14.5 Å². The van der Waals surface area contributed by atoms with Gasteiger partial charge < -0.3 is 9.47 Å². The number of alkyl halides is 3. The third-order valence-electron chi connectivity index (χ3n) is 5.06. The zero-order valence-corrected chi connectivity index (χ0v) is 17.0. The summed E-state index contributed by atoms with van der Waals surface area (Å²) in [5.74, 6) is -2.19. The normalized spacial score (nSPS) is 18.4. The molecule has 0 saturated heterocycles. The minimum atomic E-state index is -4.54. The number of hydrogen-bond donors (Lipinski definition) is 0. The molecule has 0 N–H and O–H groups in total. The van der Waals surface area contributed by atoms with Crippen molar-refractivity contribution in [1.29, 1.82) is 0 Å². The Hall–Kier alpha value is -3.62. The molecule has 2 aromatic rings. The highest BCUT2D eigenvalue weighted by molar-refractivity contribution is 5.96. The van der Waals surface area contributed by atoms with Crippen molar-refractivity contribution in [2.24, 2.45) is 5.92 Å². The Morgan fingerprint density at radius 2 is 1.69 bits per heavy atom. The van der Waals surface area contributed by atoms with Crippen LogP contribution in [0.1, 0.15) is 29.2 Å². The number of carbonyl (C=O) groups excluding carboxylic acids is 3. The van der Waals surface area contributed by atoms with Crippen molar-refractivity contribution >= 4 is 17.8 Å². The molecule has 1 aliphatic heterocycles. The average Bonchev–Trinajstić information content (AvgIpc) is 2.78. The lowest BCUT2D eigenvalue weighted by molar-refractivity contribution is -0.144. The summed E-state index contributed by atoms with van der Waals surface area (Å²) in [4.78, 5) is 38.4. The number of nitrogens with zero attached hydrogens (tertiary/aromatic N) is 1. The summed E-state index contributed by atoms with van der Waals surface area (Å²) in [6, 6.07) is 11.9. The van der Waals surface area contributed by atoms with E-state index in [1.54, 1.807) is 24.3 Å². The fraction of sp³-hybridized carbons (Fsp3) is 0.261. The van der Waals surface area contributed by atoms with Crippen molar-refractivity contribution in [3.63, 3.8) is 0 Å². The first-order chi connectivity index (χ1) is 15.2. The van der Waals surface area contributed by atoms with Crippen LogP contribution in [0.5, 0.6) is 0 Å². The van der Waals surface area contributed by atoms with E-state index in [2.05, 4.69) is 4.74 Å². The van der Waals surface area contributed by atoms with Gasteiger partial charge in [-0.05, 0) is 29.3 Å². The molecule has 32 heavy (non-hydrogen) atoms. The quantitative estimate of drug-likeness (QED) is 0.624. The molecule has 0 saturated carbocycles. The smallest absolute Gasteiger partial charge is 0.416 e. The lowest BCUT2D eigenvalue weighted by atomic mass is 9.83. The number of hydrogen-bond acceptors (Lipinski definition) is 5. The monoisotopic (exact) mass is 447 g/mol. The maximum Gasteiger partial charge on any atom is 0.416 e. The molecule has 1 heterocycles. The van der Waals surface area contributed by atoms with Crippen LogP contribution in [0.4, 0.5) is 18.0 Å². The summed E-state index contributed by atoms with van der Waals surface area (Å²) in [6.07, 6.45) is -3.35. The zero-order valence-electron chi connectivity index (χ0n) is 17.0. The number of halogens is 3. The Labute approximate surface area is 182 Å². The molecule has 9 heteroatoms. The van der Waals surface area contributed by atoms with E-state index < -0.39 is 41.5 Å². The van der Waals surface area contributed by atoms with Crippen LogP contribution in [0.3, 0.4) is 0 Å². The van der Waals surface area contributed by atoms with Gasteiger partial charge in [-0.25, -0.2) is 4.79 Å². The minimum absolute atomic E-state index is 0.0423. The lowest BCUT2D eigenvalue weighted by Gasteiger charge is -2.36. The van der Waals surface area contributed by atoms with Gasteiger partial charge in [-0.2, -0.15) is 13.2 Å². The van der Waals surface area contributed by atoms with Crippen LogP contribution in [-0.2, 0) is 31.8 Å². The Bertz CT molecular complexity index is 1000. The van der Waals surface area contributed by atoms with Crippen molar-refractivity contribution in [1.82, 2.24) is 4.90 Å². The van der Waals surface area contributed by atoms with Crippen molar-refractivity contribution in [3.8, 4) is 0 Å². The zero-order chi connectivity index (χ0) is 23.3. The predicted octanol–water partition coefficient (Wildman–Crippen LogP) is 4.66. The maximum absolute atomic E-state index is 13.0. The molecule has 2 aromatic carbocycles. The number of rotatable bonds is 5. The fourth-order valence-electron chi connectivity index (χ4n) is 3.43.